The molecule has 3 rings (SSSR count). The van der Waals surface area contributed by atoms with Gasteiger partial charge in [-0.15, -0.1) is 0 Å². The molecule has 1 amide bonds. The number of nitrogens with zero attached hydrogens (tertiary/aromatic N) is 2. The zero-order chi connectivity index (χ0) is 24.1. The zero-order valence-corrected chi connectivity index (χ0v) is 18.7. The van der Waals surface area contributed by atoms with E-state index in [0.717, 1.165) is 30.0 Å². The standard InChI is InChI=1S/C21H26F3N5O3S/c22-21(23,24)18-9-8-17(20(28-18)29-11-1-2-12-29)14-26-19(30)10-7-15-3-5-16(6-4-15)13-27-33(25,31)32/h3-6,8-9,27H,1-2,7,10-14H2,(H,26,30)(H2,25,31,32). The van der Waals surface area contributed by atoms with Crippen LogP contribution in [0.3, 0.4) is 0 Å². The van der Waals surface area contributed by atoms with Crippen LogP contribution in [-0.4, -0.2) is 32.4 Å². The summed E-state index contributed by atoms with van der Waals surface area (Å²) in [7, 11) is -3.77. The van der Waals surface area contributed by atoms with Crippen LogP contribution in [0.15, 0.2) is 36.4 Å². The molecule has 12 heteroatoms. The van der Waals surface area contributed by atoms with Gasteiger partial charge in [0.1, 0.15) is 11.5 Å². The molecule has 180 valence electrons. The number of nitrogens with two attached hydrogens (primary N) is 1. The normalized spacial score (nSPS) is 14.5. The van der Waals surface area contributed by atoms with Crippen LogP contribution >= 0.6 is 0 Å². The smallest absolute Gasteiger partial charge is 0.356 e. The first-order valence-corrected chi connectivity index (χ1v) is 12.0. The number of alkyl halides is 3. The fraction of sp³-hybridized carbons (Fsp3) is 0.429. The molecule has 2 aromatic rings. The molecule has 0 unspecified atom stereocenters. The highest BCUT2D eigenvalue weighted by Gasteiger charge is 2.34. The molecule has 8 nitrogen and oxygen atoms in total. The third kappa shape index (κ3) is 7.69. The summed E-state index contributed by atoms with van der Waals surface area (Å²) in [6.45, 7) is 1.43. The summed E-state index contributed by atoms with van der Waals surface area (Å²) < 4.78 is 63.3. The van der Waals surface area contributed by atoms with Crippen LogP contribution in [-0.2, 0) is 40.7 Å². The number of aryl methyl sites for hydroxylation is 1. The van der Waals surface area contributed by atoms with Crippen molar-refractivity contribution in [3.05, 3.63) is 58.8 Å². The number of anilines is 1. The molecule has 2 heterocycles. The van der Waals surface area contributed by atoms with Gasteiger partial charge in [-0.25, -0.2) is 10.1 Å². The van der Waals surface area contributed by atoms with Crippen LogP contribution in [0.4, 0.5) is 19.0 Å². The molecule has 0 atom stereocenters. The van der Waals surface area contributed by atoms with Gasteiger partial charge in [-0.2, -0.15) is 26.3 Å². The van der Waals surface area contributed by atoms with E-state index in [-0.39, 0.29) is 31.2 Å². The van der Waals surface area contributed by atoms with Crippen molar-refractivity contribution >= 4 is 21.9 Å². The van der Waals surface area contributed by atoms with Crippen molar-refractivity contribution in [3.8, 4) is 0 Å². The summed E-state index contributed by atoms with van der Waals surface area (Å²) >= 11 is 0. The molecule has 0 saturated carbocycles. The van der Waals surface area contributed by atoms with E-state index in [1.807, 2.05) is 4.90 Å². The summed E-state index contributed by atoms with van der Waals surface area (Å²) in [6.07, 6.45) is -2.09. The molecule has 0 bridgehead atoms. The second-order valence-corrected chi connectivity index (χ2v) is 9.21. The molecule has 1 aromatic carbocycles. The summed E-state index contributed by atoms with van der Waals surface area (Å²) in [5.41, 5.74) is 1.21. The Morgan fingerprint density at radius 3 is 2.27 bits per heavy atom. The summed E-state index contributed by atoms with van der Waals surface area (Å²) in [6, 6.07) is 9.37. The molecule has 0 spiro atoms. The molecule has 1 aliphatic rings. The van der Waals surface area contributed by atoms with E-state index in [9.17, 15) is 26.4 Å². The summed E-state index contributed by atoms with van der Waals surface area (Å²) in [5, 5.41) is 7.66. The highest BCUT2D eigenvalue weighted by Crippen LogP contribution is 2.31. The minimum atomic E-state index is -4.53. The van der Waals surface area contributed by atoms with E-state index in [1.54, 1.807) is 24.3 Å². The van der Waals surface area contributed by atoms with E-state index in [4.69, 9.17) is 5.14 Å². The minimum Gasteiger partial charge on any atom is -0.356 e. The number of rotatable bonds is 9. The van der Waals surface area contributed by atoms with Crippen LogP contribution in [0.5, 0.6) is 0 Å². The molecule has 1 fully saturated rings. The second-order valence-electron chi connectivity index (χ2n) is 7.83. The molecule has 1 aromatic heterocycles. The van der Waals surface area contributed by atoms with Gasteiger partial charge in [0.15, 0.2) is 0 Å². The minimum absolute atomic E-state index is 0.0696. The van der Waals surface area contributed by atoms with Crippen molar-refractivity contribution in [3.63, 3.8) is 0 Å². The first-order chi connectivity index (χ1) is 15.5. The Morgan fingerprint density at radius 1 is 1.03 bits per heavy atom. The van der Waals surface area contributed by atoms with Gasteiger partial charge in [-0.05, 0) is 36.5 Å². The lowest BCUT2D eigenvalue weighted by Gasteiger charge is -2.21. The number of hydrogen-bond donors (Lipinski definition) is 3. The Balaban J connectivity index is 1.55. The number of nitrogens with one attached hydrogen (secondary N) is 2. The van der Waals surface area contributed by atoms with Crippen LogP contribution in [0, 0.1) is 0 Å². The third-order valence-electron chi connectivity index (χ3n) is 5.27. The van der Waals surface area contributed by atoms with Crippen LogP contribution in [0.2, 0.25) is 0 Å². The molecular weight excluding hydrogens is 459 g/mol. The van der Waals surface area contributed by atoms with Crippen molar-refractivity contribution in [2.45, 2.75) is 44.9 Å². The van der Waals surface area contributed by atoms with Gasteiger partial charge in [0.25, 0.3) is 10.2 Å². The number of carbonyl (C=O) groups excluding carboxylic acids is 1. The average molecular weight is 486 g/mol. The maximum atomic E-state index is 13.1. The molecule has 4 N–H and O–H groups in total. The molecular formula is C21H26F3N5O3S. The first-order valence-electron chi connectivity index (χ1n) is 10.5. The van der Waals surface area contributed by atoms with Gasteiger partial charge in [0.2, 0.25) is 5.91 Å². The fourth-order valence-electron chi connectivity index (χ4n) is 3.52. The Kier molecular flexibility index (Phi) is 7.92. The van der Waals surface area contributed by atoms with E-state index in [1.165, 1.54) is 6.07 Å². The third-order valence-corrected chi connectivity index (χ3v) is 5.82. The highest BCUT2D eigenvalue weighted by atomic mass is 32.2. The van der Waals surface area contributed by atoms with Crippen LogP contribution < -0.4 is 20.1 Å². The van der Waals surface area contributed by atoms with Crippen molar-refractivity contribution in [1.82, 2.24) is 15.0 Å². The topological polar surface area (TPSA) is 117 Å². The quantitative estimate of drug-likeness (QED) is 0.504. The van der Waals surface area contributed by atoms with E-state index in [2.05, 4.69) is 15.0 Å². The number of hydrogen-bond acceptors (Lipinski definition) is 5. The van der Waals surface area contributed by atoms with Crippen molar-refractivity contribution < 1.29 is 26.4 Å². The van der Waals surface area contributed by atoms with Gasteiger partial charge in [-0.3, -0.25) is 4.79 Å². The Morgan fingerprint density at radius 2 is 1.67 bits per heavy atom. The molecule has 0 radical (unpaired) electrons. The SMILES string of the molecule is NS(=O)(=O)NCc1ccc(CCC(=O)NCc2ccc(C(F)(F)F)nc2N2CCCC2)cc1. The predicted octanol–water partition coefficient (Wildman–Crippen LogP) is 2.24. The van der Waals surface area contributed by atoms with Gasteiger partial charge < -0.3 is 10.2 Å². The lowest BCUT2D eigenvalue weighted by atomic mass is 10.1. The van der Waals surface area contributed by atoms with Crippen molar-refractivity contribution in [1.29, 1.82) is 0 Å². The Hall–Kier alpha value is -2.70. The van der Waals surface area contributed by atoms with Gasteiger partial charge in [0, 0.05) is 38.2 Å². The number of pyridine rings is 1. The maximum Gasteiger partial charge on any atom is 0.433 e. The summed E-state index contributed by atoms with van der Waals surface area (Å²) in [5.74, 6) is 0.0357. The number of amides is 1. The molecule has 0 aliphatic carbocycles. The van der Waals surface area contributed by atoms with Gasteiger partial charge in [-0.1, -0.05) is 30.3 Å². The highest BCUT2D eigenvalue weighted by molar-refractivity contribution is 7.87. The molecule has 1 saturated heterocycles. The van der Waals surface area contributed by atoms with E-state index < -0.39 is 22.1 Å². The average Bonchev–Trinajstić information content (AvgIpc) is 3.29. The monoisotopic (exact) mass is 485 g/mol. The van der Waals surface area contributed by atoms with Gasteiger partial charge in [0.05, 0.1) is 0 Å². The fourth-order valence-corrected chi connectivity index (χ4v) is 3.89. The largest absolute Gasteiger partial charge is 0.433 e. The van der Waals surface area contributed by atoms with E-state index >= 15 is 0 Å². The number of halogens is 3. The number of benzene rings is 1. The molecule has 1 aliphatic heterocycles. The van der Waals surface area contributed by atoms with Crippen LogP contribution in [0.1, 0.15) is 41.6 Å². The Labute approximate surface area is 190 Å². The lowest BCUT2D eigenvalue weighted by molar-refractivity contribution is -0.141. The predicted molar refractivity (Wildman–Crippen MR) is 117 cm³/mol. The van der Waals surface area contributed by atoms with Crippen molar-refractivity contribution in [2.75, 3.05) is 18.0 Å². The summed E-state index contributed by atoms with van der Waals surface area (Å²) in [4.78, 5) is 18.0. The number of aromatic nitrogens is 1. The van der Waals surface area contributed by atoms with Crippen LogP contribution in [0.25, 0.3) is 0 Å². The zero-order valence-electron chi connectivity index (χ0n) is 17.9. The van der Waals surface area contributed by atoms with E-state index in [0.29, 0.717) is 25.1 Å². The van der Waals surface area contributed by atoms with Gasteiger partial charge >= 0.3 is 6.18 Å². The Bertz CT molecular complexity index is 1070. The maximum absolute atomic E-state index is 13.1. The first kappa shape index (κ1) is 24.9. The lowest BCUT2D eigenvalue weighted by Crippen LogP contribution is -2.30. The number of carbonyl (C=O) groups is 1. The molecule has 33 heavy (non-hydrogen) atoms. The second kappa shape index (κ2) is 10.5. The van der Waals surface area contributed by atoms with Crippen molar-refractivity contribution in [2.24, 2.45) is 5.14 Å².